The number of aliphatic imine (C=N–C) groups is 1. The molecule has 1 aromatic carbocycles. The number of guanidine groups is 1. The molecular formula is C19H29IN6O. The number of hydrogen-bond donors (Lipinski definition) is 2. The van der Waals surface area contributed by atoms with Crippen molar-refractivity contribution < 1.29 is 4.74 Å². The van der Waals surface area contributed by atoms with Gasteiger partial charge in [-0.2, -0.15) is 0 Å². The van der Waals surface area contributed by atoms with E-state index in [9.17, 15) is 0 Å². The first-order valence-electron chi connectivity index (χ1n) is 9.20. The van der Waals surface area contributed by atoms with Gasteiger partial charge in [-0.05, 0) is 31.4 Å². The smallest absolute Gasteiger partial charge is 0.191 e. The Morgan fingerprint density at radius 3 is 2.78 bits per heavy atom. The molecule has 148 valence electrons. The summed E-state index contributed by atoms with van der Waals surface area (Å²) < 4.78 is 7.71. The van der Waals surface area contributed by atoms with Crippen molar-refractivity contribution in [2.24, 2.45) is 4.99 Å². The molecule has 0 fully saturated rings. The van der Waals surface area contributed by atoms with Crippen molar-refractivity contribution in [3.05, 3.63) is 41.0 Å². The van der Waals surface area contributed by atoms with Crippen molar-refractivity contribution in [1.29, 1.82) is 0 Å². The third-order valence-corrected chi connectivity index (χ3v) is 4.71. The first-order valence-corrected chi connectivity index (χ1v) is 9.20. The number of benzene rings is 1. The van der Waals surface area contributed by atoms with E-state index in [4.69, 9.17) is 4.74 Å². The highest BCUT2D eigenvalue weighted by Gasteiger charge is 2.14. The summed E-state index contributed by atoms with van der Waals surface area (Å²) in [6.45, 7) is 4.31. The summed E-state index contributed by atoms with van der Waals surface area (Å²) in [5.74, 6) is 3.69. The Balaban J connectivity index is 0.00000261. The Hall–Kier alpha value is -1.84. The van der Waals surface area contributed by atoms with E-state index in [1.165, 1.54) is 24.8 Å². The predicted octanol–water partition coefficient (Wildman–Crippen LogP) is 2.80. The molecule has 0 atom stereocenters. The number of methoxy groups -OCH3 is 1. The maximum absolute atomic E-state index is 5.46. The standard InChI is InChI=1S/C19H28N6O.HI/c1-14-8-9-15(16(11-14)26-3)12-21-19(20-2)22-13-18-24-23-17-7-5-4-6-10-25(17)18;/h8-9,11H,4-7,10,12-13H2,1-3H3,(H2,20,21,22);1H. The van der Waals surface area contributed by atoms with Crippen molar-refractivity contribution in [3.63, 3.8) is 0 Å². The highest BCUT2D eigenvalue weighted by Crippen LogP contribution is 2.19. The number of nitrogens with zero attached hydrogens (tertiary/aromatic N) is 4. The van der Waals surface area contributed by atoms with Crippen LogP contribution in [0.25, 0.3) is 0 Å². The van der Waals surface area contributed by atoms with E-state index < -0.39 is 0 Å². The highest BCUT2D eigenvalue weighted by atomic mass is 127. The lowest BCUT2D eigenvalue weighted by molar-refractivity contribution is 0.408. The SMILES string of the molecule is CN=C(NCc1ccc(C)cc1OC)NCc1nnc2n1CCCCC2.I. The van der Waals surface area contributed by atoms with Crippen molar-refractivity contribution in [2.75, 3.05) is 14.2 Å². The number of fused-ring (bicyclic) bond motifs is 1. The Morgan fingerprint density at radius 1 is 1.19 bits per heavy atom. The number of hydrogen-bond acceptors (Lipinski definition) is 4. The summed E-state index contributed by atoms with van der Waals surface area (Å²) in [4.78, 5) is 4.30. The average Bonchev–Trinajstić information content (AvgIpc) is 2.88. The van der Waals surface area contributed by atoms with Crippen LogP contribution < -0.4 is 15.4 Å². The quantitative estimate of drug-likeness (QED) is 0.388. The van der Waals surface area contributed by atoms with Crippen molar-refractivity contribution in [2.45, 2.75) is 52.2 Å². The lowest BCUT2D eigenvalue weighted by atomic mass is 10.1. The fourth-order valence-corrected chi connectivity index (χ4v) is 3.24. The molecule has 0 unspecified atom stereocenters. The zero-order valence-electron chi connectivity index (χ0n) is 16.3. The molecule has 0 radical (unpaired) electrons. The molecule has 0 saturated carbocycles. The van der Waals surface area contributed by atoms with Gasteiger partial charge in [0.2, 0.25) is 0 Å². The molecule has 2 N–H and O–H groups in total. The van der Waals surface area contributed by atoms with Crippen molar-refractivity contribution in [1.82, 2.24) is 25.4 Å². The van der Waals surface area contributed by atoms with Crippen LogP contribution in [0, 0.1) is 6.92 Å². The van der Waals surface area contributed by atoms with Gasteiger partial charge in [-0.1, -0.05) is 18.6 Å². The summed E-state index contributed by atoms with van der Waals surface area (Å²) in [5, 5.41) is 15.4. The molecule has 1 aliphatic heterocycles. The molecule has 2 heterocycles. The second kappa shape index (κ2) is 10.5. The second-order valence-corrected chi connectivity index (χ2v) is 6.59. The van der Waals surface area contributed by atoms with Crippen LogP contribution >= 0.6 is 24.0 Å². The molecule has 1 aromatic heterocycles. The van der Waals surface area contributed by atoms with Crippen LogP contribution in [0.4, 0.5) is 0 Å². The highest BCUT2D eigenvalue weighted by molar-refractivity contribution is 14.0. The Kier molecular flexibility index (Phi) is 8.33. The monoisotopic (exact) mass is 484 g/mol. The number of halogens is 1. The predicted molar refractivity (Wildman–Crippen MR) is 118 cm³/mol. The van der Waals surface area contributed by atoms with E-state index in [0.29, 0.717) is 13.1 Å². The Morgan fingerprint density at radius 2 is 2.00 bits per heavy atom. The molecule has 8 heteroatoms. The van der Waals surface area contributed by atoms with Crippen LogP contribution in [-0.2, 0) is 26.1 Å². The molecule has 0 saturated heterocycles. The minimum Gasteiger partial charge on any atom is -0.496 e. The maximum atomic E-state index is 5.46. The van der Waals surface area contributed by atoms with Gasteiger partial charge in [0.1, 0.15) is 11.6 Å². The average molecular weight is 484 g/mol. The maximum Gasteiger partial charge on any atom is 0.191 e. The Bertz CT molecular complexity index is 774. The lowest BCUT2D eigenvalue weighted by Crippen LogP contribution is -2.37. The number of aromatic nitrogens is 3. The van der Waals surface area contributed by atoms with Crippen LogP contribution in [0.15, 0.2) is 23.2 Å². The number of ether oxygens (including phenoxy) is 1. The molecule has 1 aliphatic rings. The largest absolute Gasteiger partial charge is 0.496 e. The van der Waals surface area contributed by atoms with Crippen molar-refractivity contribution >= 4 is 29.9 Å². The molecule has 0 aliphatic carbocycles. The normalized spacial score (nSPS) is 14.0. The van der Waals surface area contributed by atoms with Crippen LogP contribution in [0.2, 0.25) is 0 Å². The minimum absolute atomic E-state index is 0. The number of aryl methyl sites for hydroxylation is 2. The molecule has 7 nitrogen and oxygen atoms in total. The fourth-order valence-electron chi connectivity index (χ4n) is 3.24. The summed E-state index contributed by atoms with van der Waals surface area (Å²) >= 11 is 0. The van der Waals surface area contributed by atoms with Crippen LogP contribution in [0.5, 0.6) is 5.75 Å². The molecule has 0 spiro atoms. The van der Waals surface area contributed by atoms with Crippen LogP contribution in [0.3, 0.4) is 0 Å². The van der Waals surface area contributed by atoms with Gasteiger partial charge in [0.15, 0.2) is 11.8 Å². The third-order valence-electron chi connectivity index (χ3n) is 4.71. The summed E-state index contributed by atoms with van der Waals surface area (Å²) in [5.41, 5.74) is 2.28. The first-order chi connectivity index (χ1) is 12.7. The summed E-state index contributed by atoms with van der Waals surface area (Å²) in [6.07, 6.45) is 4.68. The van der Waals surface area contributed by atoms with Crippen molar-refractivity contribution in [3.8, 4) is 5.75 Å². The van der Waals surface area contributed by atoms with Gasteiger partial charge >= 0.3 is 0 Å². The van der Waals surface area contributed by atoms with Crippen LogP contribution in [0.1, 0.15) is 42.0 Å². The summed E-state index contributed by atoms with van der Waals surface area (Å²) in [7, 11) is 3.47. The lowest BCUT2D eigenvalue weighted by Gasteiger charge is -2.14. The van der Waals surface area contributed by atoms with E-state index >= 15 is 0 Å². The fraction of sp³-hybridized carbons (Fsp3) is 0.526. The Labute approximate surface area is 178 Å². The van der Waals surface area contributed by atoms with Gasteiger partial charge in [-0.3, -0.25) is 4.99 Å². The number of nitrogens with one attached hydrogen (secondary N) is 2. The van der Waals surface area contributed by atoms with E-state index in [0.717, 1.165) is 41.9 Å². The topological polar surface area (TPSA) is 76.4 Å². The molecule has 0 amide bonds. The second-order valence-electron chi connectivity index (χ2n) is 6.59. The molecule has 27 heavy (non-hydrogen) atoms. The van der Waals surface area contributed by atoms with Gasteiger partial charge in [0.25, 0.3) is 0 Å². The van der Waals surface area contributed by atoms with Gasteiger partial charge in [0.05, 0.1) is 13.7 Å². The van der Waals surface area contributed by atoms with Crippen LogP contribution in [-0.4, -0.2) is 34.9 Å². The zero-order valence-corrected chi connectivity index (χ0v) is 18.6. The van der Waals surface area contributed by atoms with E-state index in [1.807, 2.05) is 6.07 Å². The number of rotatable bonds is 5. The van der Waals surface area contributed by atoms with Gasteiger partial charge < -0.3 is 19.9 Å². The van der Waals surface area contributed by atoms with Gasteiger partial charge in [-0.15, -0.1) is 34.2 Å². The third kappa shape index (κ3) is 5.57. The molecular weight excluding hydrogens is 455 g/mol. The van der Waals surface area contributed by atoms with E-state index in [1.54, 1.807) is 14.2 Å². The van der Waals surface area contributed by atoms with E-state index in [2.05, 4.69) is 49.4 Å². The van der Waals surface area contributed by atoms with Gasteiger partial charge in [0, 0.05) is 32.1 Å². The first kappa shape index (κ1) is 21.5. The van der Waals surface area contributed by atoms with Gasteiger partial charge in [-0.25, -0.2) is 0 Å². The minimum atomic E-state index is 0. The molecule has 3 rings (SSSR count). The molecule has 0 bridgehead atoms. The van der Waals surface area contributed by atoms with E-state index in [-0.39, 0.29) is 24.0 Å². The molecule has 2 aromatic rings. The zero-order chi connectivity index (χ0) is 18.4. The summed E-state index contributed by atoms with van der Waals surface area (Å²) in [6, 6.07) is 6.20.